The van der Waals surface area contributed by atoms with Crippen LogP contribution in [0.4, 0.5) is 0 Å². The van der Waals surface area contributed by atoms with Gasteiger partial charge in [0, 0.05) is 22.8 Å². The topological polar surface area (TPSA) is 56.7 Å². The Bertz CT molecular complexity index is 438. The Hall–Kier alpha value is -1.07. The highest BCUT2D eigenvalue weighted by Crippen LogP contribution is 2.30. The summed E-state index contributed by atoms with van der Waals surface area (Å²) >= 11 is 1.78. The number of hydrogen-bond acceptors (Lipinski definition) is 3. The van der Waals surface area contributed by atoms with Crippen molar-refractivity contribution in [1.82, 2.24) is 10.6 Å². The van der Waals surface area contributed by atoms with E-state index in [-0.39, 0.29) is 0 Å². The van der Waals surface area contributed by atoms with Crippen LogP contribution in [0.2, 0.25) is 0 Å². The monoisotopic (exact) mass is 281 g/mol. The molecule has 2 rings (SSSR count). The molecule has 3 N–H and O–H groups in total. The Balaban J connectivity index is 1.87. The molecular formula is C14H23N3OS. The molecule has 0 bridgehead atoms. The zero-order valence-electron chi connectivity index (χ0n) is 11.7. The van der Waals surface area contributed by atoms with Crippen LogP contribution in [-0.4, -0.2) is 29.8 Å². The Morgan fingerprint density at radius 1 is 1.42 bits per heavy atom. The number of nitrogens with one attached hydrogen (secondary N) is 2. The first-order valence-corrected chi connectivity index (χ1v) is 7.73. The highest BCUT2D eigenvalue weighted by molar-refractivity contribution is 7.11. The van der Waals surface area contributed by atoms with E-state index in [0.29, 0.717) is 13.1 Å². The third-order valence-corrected chi connectivity index (χ3v) is 4.39. The van der Waals surface area contributed by atoms with Gasteiger partial charge in [0.05, 0.1) is 12.1 Å². The first-order chi connectivity index (χ1) is 9.11. The lowest BCUT2D eigenvalue weighted by Gasteiger charge is -2.36. The van der Waals surface area contributed by atoms with Gasteiger partial charge in [0.2, 0.25) is 0 Å². The largest absolute Gasteiger partial charge is 0.388 e. The molecule has 1 aliphatic carbocycles. The lowest BCUT2D eigenvalue weighted by molar-refractivity contribution is -0.0279. The summed E-state index contributed by atoms with van der Waals surface area (Å²) in [7, 11) is 0. The normalized spacial score (nSPS) is 17.9. The first kappa shape index (κ1) is 14.3. The van der Waals surface area contributed by atoms with E-state index in [0.717, 1.165) is 31.8 Å². The van der Waals surface area contributed by atoms with Crippen LogP contribution in [0, 0.1) is 6.92 Å². The van der Waals surface area contributed by atoms with Gasteiger partial charge in [-0.1, -0.05) is 0 Å². The van der Waals surface area contributed by atoms with Gasteiger partial charge in [-0.3, -0.25) is 0 Å². The van der Waals surface area contributed by atoms with E-state index in [1.807, 2.05) is 6.92 Å². The van der Waals surface area contributed by atoms with Gasteiger partial charge in [0.1, 0.15) is 0 Å². The van der Waals surface area contributed by atoms with Crippen LogP contribution in [-0.2, 0) is 6.54 Å². The van der Waals surface area contributed by atoms with Crippen LogP contribution in [0.25, 0.3) is 0 Å². The average molecular weight is 281 g/mol. The van der Waals surface area contributed by atoms with Crippen LogP contribution in [0.15, 0.2) is 17.1 Å². The molecule has 19 heavy (non-hydrogen) atoms. The second kappa shape index (κ2) is 6.39. The average Bonchev–Trinajstić information content (AvgIpc) is 2.76. The van der Waals surface area contributed by atoms with Crippen molar-refractivity contribution in [2.45, 2.75) is 45.3 Å². The number of guanidine groups is 1. The predicted molar refractivity (Wildman–Crippen MR) is 80.7 cm³/mol. The van der Waals surface area contributed by atoms with Crippen molar-refractivity contribution >= 4 is 17.3 Å². The molecule has 0 radical (unpaired) electrons. The minimum Gasteiger partial charge on any atom is -0.388 e. The zero-order chi connectivity index (χ0) is 13.7. The van der Waals surface area contributed by atoms with Crippen LogP contribution in [0.3, 0.4) is 0 Å². The van der Waals surface area contributed by atoms with Gasteiger partial charge in [-0.25, -0.2) is 4.99 Å². The fraction of sp³-hybridized carbons (Fsp3) is 0.643. The smallest absolute Gasteiger partial charge is 0.191 e. The number of nitrogens with zero attached hydrogens (tertiary/aromatic N) is 1. The molecule has 1 fully saturated rings. The summed E-state index contributed by atoms with van der Waals surface area (Å²) < 4.78 is 0. The van der Waals surface area contributed by atoms with Gasteiger partial charge in [0.25, 0.3) is 0 Å². The van der Waals surface area contributed by atoms with Crippen molar-refractivity contribution in [3.8, 4) is 0 Å². The molecule has 0 saturated heterocycles. The minimum absolute atomic E-state index is 0.518. The van der Waals surface area contributed by atoms with E-state index in [4.69, 9.17) is 0 Å². The van der Waals surface area contributed by atoms with Gasteiger partial charge in [-0.15, -0.1) is 11.3 Å². The molecular weight excluding hydrogens is 258 g/mol. The lowest BCUT2D eigenvalue weighted by atomic mass is 9.80. The number of aliphatic imine (C=N–C) groups is 1. The molecule has 0 aromatic carbocycles. The second-order valence-corrected chi connectivity index (χ2v) is 6.51. The summed E-state index contributed by atoms with van der Waals surface area (Å²) in [6.45, 7) is 6.25. The molecule has 5 heteroatoms. The SMILES string of the molecule is CCNC(=NCc1ccc(C)s1)NCC1(O)CCC1. The minimum atomic E-state index is -0.518. The van der Waals surface area contributed by atoms with Crippen LogP contribution in [0.1, 0.15) is 35.9 Å². The van der Waals surface area contributed by atoms with Crippen molar-refractivity contribution in [2.75, 3.05) is 13.1 Å². The summed E-state index contributed by atoms with van der Waals surface area (Å²) in [5, 5.41) is 16.5. The quantitative estimate of drug-likeness (QED) is 0.572. The lowest BCUT2D eigenvalue weighted by Crippen LogP contribution is -2.50. The number of rotatable bonds is 5. The van der Waals surface area contributed by atoms with Gasteiger partial charge in [-0.05, 0) is 45.2 Å². The van der Waals surface area contributed by atoms with Gasteiger partial charge in [-0.2, -0.15) is 0 Å². The van der Waals surface area contributed by atoms with E-state index in [2.05, 4.69) is 34.7 Å². The molecule has 106 valence electrons. The molecule has 0 atom stereocenters. The molecule has 0 aliphatic heterocycles. The molecule has 1 aliphatic rings. The van der Waals surface area contributed by atoms with Crippen LogP contribution >= 0.6 is 11.3 Å². The molecule has 4 nitrogen and oxygen atoms in total. The van der Waals surface area contributed by atoms with Crippen molar-refractivity contribution in [3.63, 3.8) is 0 Å². The molecule has 1 saturated carbocycles. The summed E-state index contributed by atoms with van der Waals surface area (Å²) in [4.78, 5) is 7.13. The van der Waals surface area contributed by atoms with Crippen LogP contribution in [0.5, 0.6) is 0 Å². The number of hydrogen-bond donors (Lipinski definition) is 3. The zero-order valence-corrected chi connectivity index (χ0v) is 12.5. The Morgan fingerprint density at radius 2 is 2.21 bits per heavy atom. The summed E-state index contributed by atoms with van der Waals surface area (Å²) in [6, 6.07) is 4.24. The standard InChI is InChI=1S/C14H23N3OS/c1-3-15-13(17-10-14(18)7-4-8-14)16-9-12-6-5-11(2)19-12/h5-6,18H,3-4,7-10H2,1-2H3,(H2,15,16,17). The third kappa shape index (κ3) is 4.21. The van der Waals surface area contributed by atoms with E-state index in [1.54, 1.807) is 11.3 Å². The van der Waals surface area contributed by atoms with E-state index >= 15 is 0 Å². The molecule has 0 unspecified atom stereocenters. The maximum Gasteiger partial charge on any atom is 0.191 e. The first-order valence-electron chi connectivity index (χ1n) is 6.91. The van der Waals surface area contributed by atoms with Crippen molar-refractivity contribution in [3.05, 3.63) is 21.9 Å². The molecule has 1 heterocycles. The Morgan fingerprint density at radius 3 is 2.74 bits per heavy atom. The number of thiophene rings is 1. The van der Waals surface area contributed by atoms with E-state index < -0.39 is 5.60 Å². The Kier molecular flexibility index (Phi) is 4.82. The Labute approximate surface area is 119 Å². The molecule has 1 aromatic rings. The van der Waals surface area contributed by atoms with Gasteiger partial charge < -0.3 is 15.7 Å². The summed E-state index contributed by atoms with van der Waals surface area (Å²) in [6.07, 6.45) is 2.91. The third-order valence-electron chi connectivity index (χ3n) is 3.40. The molecule has 0 amide bonds. The van der Waals surface area contributed by atoms with E-state index in [1.165, 1.54) is 9.75 Å². The number of aryl methyl sites for hydroxylation is 1. The van der Waals surface area contributed by atoms with Crippen LogP contribution < -0.4 is 10.6 Å². The maximum atomic E-state index is 10.1. The van der Waals surface area contributed by atoms with Gasteiger partial charge in [0.15, 0.2) is 5.96 Å². The second-order valence-electron chi connectivity index (χ2n) is 5.14. The number of aliphatic hydroxyl groups is 1. The predicted octanol–water partition coefficient (Wildman–Crippen LogP) is 2.03. The summed E-state index contributed by atoms with van der Waals surface area (Å²) in [5.41, 5.74) is -0.518. The fourth-order valence-electron chi connectivity index (χ4n) is 2.08. The molecule has 1 aromatic heterocycles. The van der Waals surface area contributed by atoms with E-state index in [9.17, 15) is 5.11 Å². The maximum absolute atomic E-state index is 10.1. The molecule has 0 spiro atoms. The highest BCUT2D eigenvalue weighted by atomic mass is 32.1. The van der Waals surface area contributed by atoms with Crippen molar-refractivity contribution < 1.29 is 5.11 Å². The summed E-state index contributed by atoms with van der Waals surface area (Å²) in [5.74, 6) is 0.786. The highest BCUT2D eigenvalue weighted by Gasteiger charge is 2.34. The van der Waals surface area contributed by atoms with Gasteiger partial charge >= 0.3 is 0 Å². The van der Waals surface area contributed by atoms with Crippen molar-refractivity contribution in [2.24, 2.45) is 4.99 Å². The fourth-order valence-corrected chi connectivity index (χ4v) is 2.89. The van der Waals surface area contributed by atoms with Crippen molar-refractivity contribution in [1.29, 1.82) is 0 Å².